The SMILES string of the molecule is Cc1ccc(C(O)(CC(=O)O)C2CC2)c(C)c1. The number of aliphatic hydroxyl groups is 1. The highest BCUT2D eigenvalue weighted by molar-refractivity contribution is 5.69. The third-order valence-electron chi connectivity index (χ3n) is 3.52. The average molecular weight is 234 g/mol. The summed E-state index contributed by atoms with van der Waals surface area (Å²) in [5, 5.41) is 19.7. The molecular formula is C14H18O3. The van der Waals surface area contributed by atoms with Crippen molar-refractivity contribution in [1.82, 2.24) is 0 Å². The standard InChI is InChI=1S/C14H18O3/c1-9-3-6-12(10(2)7-9)14(17,8-13(15)16)11-4-5-11/h3,6-7,11,17H,4-5,8H2,1-2H3,(H,15,16). The largest absolute Gasteiger partial charge is 0.481 e. The Morgan fingerprint density at radius 1 is 1.41 bits per heavy atom. The molecule has 0 bridgehead atoms. The van der Waals surface area contributed by atoms with Gasteiger partial charge < -0.3 is 10.2 Å². The summed E-state index contributed by atoms with van der Waals surface area (Å²) in [5.74, 6) is -0.848. The van der Waals surface area contributed by atoms with E-state index in [1.54, 1.807) is 0 Å². The van der Waals surface area contributed by atoms with Crippen LogP contribution in [0.5, 0.6) is 0 Å². The van der Waals surface area contributed by atoms with Crippen LogP contribution in [0.2, 0.25) is 0 Å². The molecule has 1 aromatic rings. The predicted molar refractivity (Wildman–Crippen MR) is 64.8 cm³/mol. The fourth-order valence-corrected chi connectivity index (χ4v) is 2.55. The van der Waals surface area contributed by atoms with Crippen LogP contribution in [0.4, 0.5) is 0 Å². The average Bonchev–Trinajstić information content (AvgIpc) is 2.98. The highest BCUT2D eigenvalue weighted by Crippen LogP contribution is 2.48. The van der Waals surface area contributed by atoms with Gasteiger partial charge in [0, 0.05) is 0 Å². The molecule has 0 saturated heterocycles. The van der Waals surface area contributed by atoms with Gasteiger partial charge in [-0.15, -0.1) is 0 Å². The number of carboxylic acid groups (broad SMARTS) is 1. The van der Waals surface area contributed by atoms with E-state index in [-0.39, 0.29) is 12.3 Å². The first-order chi connectivity index (χ1) is 7.93. The molecule has 1 aliphatic carbocycles. The molecule has 0 aliphatic heterocycles. The zero-order valence-electron chi connectivity index (χ0n) is 10.2. The summed E-state index contributed by atoms with van der Waals surface area (Å²) in [4.78, 5) is 10.9. The highest BCUT2D eigenvalue weighted by atomic mass is 16.4. The van der Waals surface area contributed by atoms with Gasteiger partial charge in [0.2, 0.25) is 0 Å². The van der Waals surface area contributed by atoms with Crippen molar-refractivity contribution in [1.29, 1.82) is 0 Å². The van der Waals surface area contributed by atoms with E-state index in [4.69, 9.17) is 5.11 Å². The minimum atomic E-state index is -1.19. The summed E-state index contributed by atoms with van der Waals surface area (Å²) in [7, 11) is 0. The van der Waals surface area contributed by atoms with Crippen LogP contribution < -0.4 is 0 Å². The van der Waals surface area contributed by atoms with Gasteiger partial charge in [0.1, 0.15) is 5.60 Å². The molecule has 2 N–H and O–H groups in total. The lowest BCUT2D eigenvalue weighted by Crippen LogP contribution is -2.32. The molecule has 0 heterocycles. The van der Waals surface area contributed by atoms with Crippen molar-refractivity contribution < 1.29 is 15.0 Å². The van der Waals surface area contributed by atoms with Crippen molar-refractivity contribution in [3.8, 4) is 0 Å². The molecule has 92 valence electrons. The maximum Gasteiger partial charge on any atom is 0.306 e. The first-order valence-corrected chi connectivity index (χ1v) is 5.95. The molecule has 0 radical (unpaired) electrons. The summed E-state index contributed by atoms with van der Waals surface area (Å²) < 4.78 is 0. The summed E-state index contributed by atoms with van der Waals surface area (Å²) >= 11 is 0. The Morgan fingerprint density at radius 2 is 2.06 bits per heavy atom. The van der Waals surface area contributed by atoms with Crippen LogP contribution in [0.25, 0.3) is 0 Å². The number of aliphatic carboxylic acids is 1. The van der Waals surface area contributed by atoms with Crippen molar-refractivity contribution in [3.05, 3.63) is 34.9 Å². The van der Waals surface area contributed by atoms with E-state index in [1.807, 2.05) is 32.0 Å². The Balaban J connectivity index is 2.41. The summed E-state index contributed by atoms with van der Waals surface area (Å²) in [6.07, 6.45) is 1.62. The van der Waals surface area contributed by atoms with Gasteiger partial charge in [0.15, 0.2) is 0 Å². The second-order valence-electron chi connectivity index (χ2n) is 5.09. The van der Waals surface area contributed by atoms with Crippen LogP contribution in [0.1, 0.15) is 36.0 Å². The lowest BCUT2D eigenvalue weighted by atomic mass is 9.83. The number of rotatable bonds is 4. The van der Waals surface area contributed by atoms with Crippen molar-refractivity contribution in [2.24, 2.45) is 5.92 Å². The first kappa shape index (κ1) is 12.1. The Labute approximate surface area is 101 Å². The van der Waals surface area contributed by atoms with Crippen LogP contribution >= 0.6 is 0 Å². The lowest BCUT2D eigenvalue weighted by Gasteiger charge is -2.29. The number of carboxylic acids is 1. The minimum Gasteiger partial charge on any atom is -0.481 e. The third kappa shape index (κ3) is 2.34. The molecule has 1 aliphatic rings. The molecular weight excluding hydrogens is 216 g/mol. The van der Waals surface area contributed by atoms with Crippen molar-refractivity contribution in [3.63, 3.8) is 0 Å². The maximum atomic E-state index is 10.9. The molecule has 2 rings (SSSR count). The molecule has 17 heavy (non-hydrogen) atoms. The van der Waals surface area contributed by atoms with Gasteiger partial charge in [-0.25, -0.2) is 0 Å². The normalized spacial score (nSPS) is 18.8. The van der Waals surface area contributed by atoms with E-state index in [2.05, 4.69) is 0 Å². The van der Waals surface area contributed by atoms with E-state index in [9.17, 15) is 9.90 Å². The molecule has 0 aromatic heterocycles. The zero-order chi connectivity index (χ0) is 12.6. The van der Waals surface area contributed by atoms with Gasteiger partial charge >= 0.3 is 5.97 Å². The fourth-order valence-electron chi connectivity index (χ4n) is 2.55. The topological polar surface area (TPSA) is 57.5 Å². The molecule has 1 fully saturated rings. The number of hydrogen-bond donors (Lipinski definition) is 2. The second-order valence-corrected chi connectivity index (χ2v) is 5.09. The van der Waals surface area contributed by atoms with Crippen LogP contribution in [0, 0.1) is 19.8 Å². The van der Waals surface area contributed by atoms with E-state index >= 15 is 0 Å². The van der Waals surface area contributed by atoms with E-state index < -0.39 is 11.6 Å². The first-order valence-electron chi connectivity index (χ1n) is 5.95. The lowest BCUT2D eigenvalue weighted by molar-refractivity contribution is -0.144. The van der Waals surface area contributed by atoms with E-state index in [1.165, 1.54) is 0 Å². The van der Waals surface area contributed by atoms with E-state index in [0.717, 1.165) is 29.5 Å². The third-order valence-corrected chi connectivity index (χ3v) is 3.52. The molecule has 1 unspecified atom stereocenters. The Hall–Kier alpha value is -1.35. The fraction of sp³-hybridized carbons (Fsp3) is 0.500. The minimum absolute atomic E-state index is 0.0972. The van der Waals surface area contributed by atoms with Crippen LogP contribution in [-0.4, -0.2) is 16.2 Å². The number of carbonyl (C=O) groups is 1. The van der Waals surface area contributed by atoms with Gasteiger partial charge in [-0.3, -0.25) is 4.79 Å². The van der Waals surface area contributed by atoms with Gasteiger partial charge in [-0.1, -0.05) is 23.8 Å². The molecule has 1 saturated carbocycles. The molecule has 1 atom stereocenters. The Bertz CT molecular complexity index is 449. The quantitative estimate of drug-likeness (QED) is 0.841. The molecule has 3 heteroatoms. The second kappa shape index (κ2) is 4.15. The Morgan fingerprint density at radius 3 is 2.53 bits per heavy atom. The number of benzene rings is 1. The van der Waals surface area contributed by atoms with Gasteiger partial charge in [-0.2, -0.15) is 0 Å². The van der Waals surface area contributed by atoms with Crippen molar-refractivity contribution in [2.75, 3.05) is 0 Å². The van der Waals surface area contributed by atoms with Crippen molar-refractivity contribution >= 4 is 5.97 Å². The Kier molecular flexibility index (Phi) is 2.96. The van der Waals surface area contributed by atoms with Crippen LogP contribution in [-0.2, 0) is 10.4 Å². The maximum absolute atomic E-state index is 10.9. The molecule has 1 aromatic carbocycles. The van der Waals surface area contributed by atoms with Gasteiger partial charge in [0.05, 0.1) is 6.42 Å². The van der Waals surface area contributed by atoms with Crippen LogP contribution in [0.3, 0.4) is 0 Å². The highest BCUT2D eigenvalue weighted by Gasteiger charge is 2.47. The summed E-state index contributed by atoms with van der Waals surface area (Å²) in [5.41, 5.74) is 1.68. The van der Waals surface area contributed by atoms with Gasteiger partial charge in [-0.05, 0) is 43.7 Å². The van der Waals surface area contributed by atoms with Crippen molar-refractivity contribution in [2.45, 2.75) is 38.7 Å². The number of aryl methyl sites for hydroxylation is 2. The molecule has 0 spiro atoms. The van der Waals surface area contributed by atoms with Crippen LogP contribution in [0.15, 0.2) is 18.2 Å². The zero-order valence-corrected chi connectivity index (χ0v) is 10.2. The monoisotopic (exact) mass is 234 g/mol. The molecule has 0 amide bonds. The van der Waals surface area contributed by atoms with Gasteiger partial charge in [0.25, 0.3) is 0 Å². The summed E-state index contributed by atoms with van der Waals surface area (Å²) in [6, 6.07) is 5.79. The predicted octanol–water partition coefficient (Wildman–Crippen LogP) is 2.38. The summed E-state index contributed by atoms with van der Waals surface area (Å²) in [6.45, 7) is 3.92. The number of hydrogen-bond acceptors (Lipinski definition) is 2. The van der Waals surface area contributed by atoms with E-state index in [0.29, 0.717) is 0 Å². The molecule has 3 nitrogen and oxygen atoms in total. The smallest absolute Gasteiger partial charge is 0.306 e.